The minimum absolute atomic E-state index is 0.226. The van der Waals surface area contributed by atoms with Gasteiger partial charge in [0.2, 0.25) is 0 Å². The highest BCUT2D eigenvalue weighted by atomic mass is 28.1. The molecule has 0 saturated carbocycles. The van der Waals surface area contributed by atoms with Crippen molar-refractivity contribution in [2.24, 2.45) is 0 Å². The summed E-state index contributed by atoms with van der Waals surface area (Å²) >= 11 is 0. The van der Waals surface area contributed by atoms with E-state index >= 15 is 0 Å². The molecule has 22 heavy (non-hydrogen) atoms. The monoisotopic (exact) mass is 308 g/mol. The average Bonchev–Trinajstić information content (AvgIpc) is 2.75. The lowest BCUT2D eigenvalue weighted by atomic mass is 9.85. The van der Waals surface area contributed by atoms with Crippen LogP contribution in [0.15, 0.2) is 30.3 Å². The molecule has 1 aliphatic rings. The summed E-state index contributed by atoms with van der Waals surface area (Å²) in [5, 5.41) is 1.62. The smallest absolute Gasteiger partial charge is 0.0392 e. The zero-order chi connectivity index (χ0) is 16.3. The molecule has 0 nitrogen and oxygen atoms in total. The van der Waals surface area contributed by atoms with Crippen LogP contribution in [-0.2, 0) is 17.3 Å². The van der Waals surface area contributed by atoms with Crippen LogP contribution in [0.25, 0.3) is 11.1 Å². The van der Waals surface area contributed by atoms with E-state index in [0.717, 1.165) is 16.7 Å². The summed E-state index contributed by atoms with van der Waals surface area (Å²) in [5.74, 6) is 0. The molecule has 0 N–H and O–H groups in total. The van der Waals surface area contributed by atoms with Gasteiger partial charge in [-0.05, 0) is 50.6 Å². The van der Waals surface area contributed by atoms with Crippen LogP contribution in [0, 0.1) is 0 Å². The van der Waals surface area contributed by atoms with Crippen LogP contribution in [0.3, 0.4) is 0 Å². The Labute approximate surface area is 138 Å². The molecule has 0 saturated heterocycles. The Bertz CT molecular complexity index is 740. The second-order valence-corrected chi connectivity index (χ2v) is 9.81. The second kappa shape index (κ2) is 4.83. The standard InChI is InChI=1S/C21H28Si/c1-20(2,3)14-7-8-15-13(11-14)12-17-16(15)9-10-18(19(17)22)21(4,5)6/h7-11H,12H2,1-6,22H3. The average molecular weight is 309 g/mol. The highest BCUT2D eigenvalue weighted by Crippen LogP contribution is 2.39. The van der Waals surface area contributed by atoms with Crippen LogP contribution in [0.2, 0.25) is 0 Å². The van der Waals surface area contributed by atoms with Gasteiger partial charge in [0.1, 0.15) is 0 Å². The molecule has 0 aliphatic heterocycles. The molecule has 0 heterocycles. The second-order valence-electron chi connectivity index (χ2n) is 8.81. The van der Waals surface area contributed by atoms with Gasteiger partial charge in [0.15, 0.2) is 0 Å². The van der Waals surface area contributed by atoms with E-state index in [9.17, 15) is 0 Å². The van der Waals surface area contributed by atoms with Crippen molar-refractivity contribution in [3.8, 4) is 11.1 Å². The first-order valence-corrected chi connectivity index (χ1v) is 9.36. The van der Waals surface area contributed by atoms with E-state index in [2.05, 4.69) is 71.9 Å². The first-order chi connectivity index (χ1) is 10.1. The van der Waals surface area contributed by atoms with Gasteiger partial charge in [0.05, 0.1) is 0 Å². The summed E-state index contributed by atoms with van der Waals surface area (Å²) in [4.78, 5) is 0. The van der Waals surface area contributed by atoms with E-state index in [1.165, 1.54) is 22.3 Å². The summed E-state index contributed by atoms with van der Waals surface area (Å²) in [6, 6.07) is 11.8. The Balaban J connectivity index is 2.12. The van der Waals surface area contributed by atoms with Gasteiger partial charge in [-0.25, -0.2) is 0 Å². The minimum Gasteiger partial charge on any atom is -0.0630 e. The maximum Gasteiger partial charge on any atom is 0.0392 e. The third-order valence-electron chi connectivity index (χ3n) is 5.04. The molecule has 0 bridgehead atoms. The van der Waals surface area contributed by atoms with Crippen molar-refractivity contribution >= 4 is 15.4 Å². The maximum atomic E-state index is 2.44. The highest BCUT2D eigenvalue weighted by molar-refractivity contribution is 6.35. The first-order valence-electron chi connectivity index (χ1n) is 8.36. The van der Waals surface area contributed by atoms with E-state index in [0.29, 0.717) is 0 Å². The zero-order valence-corrected chi connectivity index (χ0v) is 17.1. The Kier molecular flexibility index (Phi) is 3.41. The topological polar surface area (TPSA) is 0 Å². The number of hydrogen-bond donors (Lipinski definition) is 0. The van der Waals surface area contributed by atoms with E-state index in [4.69, 9.17) is 0 Å². The molecule has 0 atom stereocenters. The van der Waals surface area contributed by atoms with Gasteiger partial charge >= 0.3 is 0 Å². The van der Waals surface area contributed by atoms with Crippen molar-refractivity contribution in [3.05, 3.63) is 52.6 Å². The number of fused-ring (bicyclic) bond motifs is 3. The highest BCUT2D eigenvalue weighted by Gasteiger charge is 2.26. The summed E-state index contributed by atoms with van der Waals surface area (Å²) < 4.78 is 0. The number of benzene rings is 2. The van der Waals surface area contributed by atoms with Crippen LogP contribution in [0.5, 0.6) is 0 Å². The van der Waals surface area contributed by atoms with Crippen molar-refractivity contribution in [1.82, 2.24) is 0 Å². The molecule has 2 aromatic carbocycles. The normalized spacial score (nSPS) is 14.1. The van der Waals surface area contributed by atoms with Gasteiger partial charge in [-0.2, -0.15) is 0 Å². The predicted molar refractivity (Wildman–Crippen MR) is 102 cm³/mol. The fourth-order valence-corrected chi connectivity index (χ4v) is 5.07. The Morgan fingerprint density at radius 1 is 0.818 bits per heavy atom. The SMILES string of the molecule is CC(C)(C)c1ccc2c(c1)Cc1c-2ccc(C(C)(C)C)c1[SiH3]. The molecule has 0 spiro atoms. The molecule has 0 unspecified atom stereocenters. The molecule has 2 aromatic rings. The third kappa shape index (κ3) is 2.46. The molecule has 0 radical (unpaired) electrons. The van der Waals surface area contributed by atoms with Gasteiger partial charge in [-0.3, -0.25) is 0 Å². The fourth-order valence-electron chi connectivity index (χ4n) is 3.71. The van der Waals surface area contributed by atoms with Gasteiger partial charge < -0.3 is 0 Å². The van der Waals surface area contributed by atoms with Crippen LogP contribution >= 0.6 is 0 Å². The van der Waals surface area contributed by atoms with E-state index in [1.807, 2.05) is 0 Å². The van der Waals surface area contributed by atoms with Gasteiger partial charge in [-0.15, -0.1) is 0 Å². The van der Waals surface area contributed by atoms with Crippen LogP contribution < -0.4 is 5.19 Å². The lowest BCUT2D eigenvalue weighted by Gasteiger charge is -2.23. The van der Waals surface area contributed by atoms with E-state index in [1.54, 1.807) is 16.3 Å². The summed E-state index contributed by atoms with van der Waals surface area (Å²) in [6.45, 7) is 13.9. The third-order valence-corrected chi connectivity index (χ3v) is 6.18. The Morgan fingerprint density at radius 2 is 1.45 bits per heavy atom. The number of rotatable bonds is 0. The van der Waals surface area contributed by atoms with Crippen molar-refractivity contribution in [2.45, 2.75) is 58.8 Å². The minimum atomic E-state index is 0.226. The molecule has 1 heteroatoms. The molecule has 0 fully saturated rings. The molecular formula is C21H28Si. The summed E-state index contributed by atoms with van der Waals surface area (Å²) in [7, 11) is 1.13. The van der Waals surface area contributed by atoms with Gasteiger partial charge in [-0.1, -0.05) is 77.1 Å². The largest absolute Gasteiger partial charge is 0.0630 e. The summed E-state index contributed by atoms with van der Waals surface area (Å²) in [5.41, 5.74) is 9.52. The molecule has 3 rings (SSSR count). The molecular weight excluding hydrogens is 280 g/mol. The molecule has 0 aromatic heterocycles. The molecule has 116 valence electrons. The van der Waals surface area contributed by atoms with Crippen molar-refractivity contribution in [2.75, 3.05) is 0 Å². The molecule has 1 aliphatic carbocycles. The first kappa shape index (κ1) is 15.5. The van der Waals surface area contributed by atoms with E-state index < -0.39 is 0 Å². The Morgan fingerprint density at radius 3 is 2.05 bits per heavy atom. The fraction of sp³-hybridized carbons (Fsp3) is 0.429. The van der Waals surface area contributed by atoms with Crippen molar-refractivity contribution in [3.63, 3.8) is 0 Å². The lowest BCUT2D eigenvalue weighted by Crippen LogP contribution is -2.25. The lowest BCUT2D eigenvalue weighted by molar-refractivity contribution is 0.590. The van der Waals surface area contributed by atoms with Crippen LogP contribution in [-0.4, -0.2) is 10.2 Å². The van der Waals surface area contributed by atoms with Crippen LogP contribution in [0.4, 0.5) is 0 Å². The summed E-state index contributed by atoms with van der Waals surface area (Å²) in [6.07, 6.45) is 1.12. The zero-order valence-electron chi connectivity index (χ0n) is 15.1. The number of hydrogen-bond acceptors (Lipinski definition) is 0. The van der Waals surface area contributed by atoms with Crippen molar-refractivity contribution in [1.29, 1.82) is 0 Å². The van der Waals surface area contributed by atoms with Gasteiger partial charge in [0, 0.05) is 10.2 Å². The molecule has 0 amide bonds. The maximum absolute atomic E-state index is 2.44. The van der Waals surface area contributed by atoms with Gasteiger partial charge in [0.25, 0.3) is 0 Å². The Hall–Kier alpha value is -1.34. The quantitative estimate of drug-likeness (QED) is 0.554. The van der Waals surface area contributed by atoms with Crippen molar-refractivity contribution < 1.29 is 0 Å². The van der Waals surface area contributed by atoms with E-state index in [-0.39, 0.29) is 10.8 Å². The van der Waals surface area contributed by atoms with Crippen LogP contribution in [0.1, 0.15) is 63.8 Å². The predicted octanol–water partition coefficient (Wildman–Crippen LogP) is 3.84.